The average Bonchev–Trinajstić information content (AvgIpc) is 3.46. The number of rotatable bonds is 7. The molecule has 2 fully saturated rings. The molecule has 2 saturated heterocycles. The number of benzene rings is 1. The van der Waals surface area contributed by atoms with E-state index < -0.39 is 12.4 Å². The Hall–Kier alpha value is -4.59. The lowest BCUT2D eigenvalue weighted by Gasteiger charge is -2.43. The van der Waals surface area contributed by atoms with Crippen LogP contribution in [-0.2, 0) is 37.8 Å². The molecule has 13 heteroatoms. The summed E-state index contributed by atoms with van der Waals surface area (Å²) in [5.74, 6) is -0.318. The third kappa shape index (κ3) is 5.45. The number of pyridine rings is 1. The van der Waals surface area contributed by atoms with Gasteiger partial charge in [0, 0.05) is 63.1 Å². The molecule has 3 aliphatic heterocycles. The van der Waals surface area contributed by atoms with E-state index in [1.165, 1.54) is 41.2 Å². The van der Waals surface area contributed by atoms with Gasteiger partial charge >= 0.3 is 0 Å². The van der Waals surface area contributed by atoms with Crippen molar-refractivity contribution in [1.29, 1.82) is 0 Å². The number of anilines is 4. The Morgan fingerprint density at radius 1 is 1.00 bits per heavy atom. The number of nitrogens with zero attached hydrogens (tertiary/aromatic N) is 7. The zero-order valence-electron chi connectivity index (χ0n) is 27.0. The van der Waals surface area contributed by atoms with Crippen LogP contribution in [0.1, 0.15) is 40.2 Å². The van der Waals surface area contributed by atoms with Crippen LogP contribution in [0.2, 0.25) is 0 Å². The quantitative estimate of drug-likeness (QED) is 0.310. The summed E-state index contributed by atoms with van der Waals surface area (Å²) in [6, 6.07) is 10.4. The Kier molecular flexibility index (Phi) is 7.97. The summed E-state index contributed by atoms with van der Waals surface area (Å²) in [5, 5.41) is 18.2. The van der Waals surface area contributed by atoms with Crippen molar-refractivity contribution < 1.29 is 19.0 Å². The molecule has 4 aliphatic rings. The van der Waals surface area contributed by atoms with Gasteiger partial charge in [-0.15, -0.1) is 0 Å². The summed E-state index contributed by atoms with van der Waals surface area (Å²) in [7, 11) is 1.52. The normalized spacial score (nSPS) is 18.4. The molecule has 0 atom stereocenters. The van der Waals surface area contributed by atoms with Gasteiger partial charge in [-0.2, -0.15) is 5.10 Å². The molecular formula is C35H39FN8O4. The van der Waals surface area contributed by atoms with Gasteiger partial charge in [-0.25, -0.2) is 14.1 Å². The fourth-order valence-corrected chi connectivity index (χ4v) is 7.52. The predicted molar refractivity (Wildman–Crippen MR) is 179 cm³/mol. The van der Waals surface area contributed by atoms with Gasteiger partial charge in [-0.1, -0.05) is 0 Å². The van der Waals surface area contributed by atoms with E-state index in [-0.39, 0.29) is 22.8 Å². The van der Waals surface area contributed by atoms with Crippen LogP contribution >= 0.6 is 0 Å². The van der Waals surface area contributed by atoms with Crippen LogP contribution in [0, 0.1) is 5.82 Å². The average molecular weight is 655 g/mol. The maximum atomic E-state index is 15.3. The highest BCUT2D eigenvalue weighted by Gasteiger charge is 2.33. The van der Waals surface area contributed by atoms with Gasteiger partial charge in [0.2, 0.25) is 0 Å². The van der Waals surface area contributed by atoms with Gasteiger partial charge in [0.1, 0.15) is 23.0 Å². The van der Waals surface area contributed by atoms with E-state index in [9.17, 15) is 14.7 Å². The minimum absolute atomic E-state index is 0.200. The summed E-state index contributed by atoms with van der Waals surface area (Å²) in [4.78, 5) is 37.9. The third-order valence-corrected chi connectivity index (χ3v) is 10.2. The van der Waals surface area contributed by atoms with E-state index in [2.05, 4.69) is 29.8 Å². The number of amides is 1. The van der Waals surface area contributed by atoms with Crippen molar-refractivity contribution in [3.8, 4) is 11.3 Å². The van der Waals surface area contributed by atoms with Crippen LogP contribution in [0.3, 0.4) is 0 Å². The van der Waals surface area contributed by atoms with Crippen LogP contribution < -0.4 is 20.7 Å². The molecular weight excluding hydrogens is 615 g/mol. The van der Waals surface area contributed by atoms with Crippen molar-refractivity contribution in [3.63, 3.8) is 0 Å². The Morgan fingerprint density at radius 3 is 2.54 bits per heavy atom. The number of carbonyl (C=O) groups is 1. The topological polar surface area (TPSA) is 121 Å². The molecule has 0 spiro atoms. The van der Waals surface area contributed by atoms with Crippen molar-refractivity contribution in [3.05, 3.63) is 81.3 Å². The second kappa shape index (κ2) is 12.5. The summed E-state index contributed by atoms with van der Waals surface area (Å²) < 4.78 is 24.0. The minimum Gasteiger partial charge on any atom is -0.392 e. The summed E-state index contributed by atoms with van der Waals surface area (Å²) >= 11 is 0. The zero-order chi connectivity index (χ0) is 32.9. The second-order valence-corrected chi connectivity index (χ2v) is 13.0. The number of aromatic nitrogens is 4. The number of aliphatic hydroxyl groups is 1. The smallest absolute Gasteiger partial charge is 0.290 e. The number of carbonyl (C=O) groups excluding carboxylic acids is 1. The van der Waals surface area contributed by atoms with E-state index in [1.54, 1.807) is 11.1 Å². The number of piperazine rings is 1. The molecule has 0 unspecified atom stereocenters. The van der Waals surface area contributed by atoms with Crippen molar-refractivity contribution in [2.45, 2.75) is 44.9 Å². The zero-order valence-corrected chi connectivity index (χ0v) is 27.0. The Bertz CT molecular complexity index is 1930. The molecule has 0 bridgehead atoms. The van der Waals surface area contributed by atoms with E-state index >= 15 is 4.39 Å². The van der Waals surface area contributed by atoms with Crippen molar-refractivity contribution in [2.24, 2.45) is 7.05 Å². The molecule has 12 nitrogen and oxygen atoms in total. The van der Waals surface area contributed by atoms with Crippen molar-refractivity contribution in [1.82, 2.24) is 24.2 Å². The number of aryl methyl sites for hydroxylation is 2. The first kappa shape index (κ1) is 30.7. The third-order valence-electron chi connectivity index (χ3n) is 10.2. The van der Waals surface area contributed by atoms with Crippen LogP contribution in [0.25, 0.3) is 11.3 Å². The number of ether oxygens (including phenoxy) is 1. The minimum atomic E-state index is -0.575. The monoisotopic (exact) mass is 654 g/mol. The molecule has 0 saturated carbocycles. The van der Waals surface area contributed by atoms with Crippen LogP contribution in [0.4, 0.5) is 27.3 Å². The highest BCUT2D eigenvalue weighted by Crippen LogP contribution is 2.36. The molecule has 4 aromatic rings. The first-order chi connectivity index (χ1) is 23.4. The van der Waals surface area contributed by atoms with Crippen molar-refractivity contribution in [2.75, 3.05) is 61.1 Å². The highest BCUT2D eigenvalue weighted by molar-refractivity contribution is 6.07. The number of fused-ring (bicyclic) bond motifs is 3. The maximum Gasteiger partial charge on any atom is 0.290 e. The Labute approximate surface area is 277 Å². The van der Waals surface area contributed by atoms with Crippen LogP contribution in [0.15, 0.2) is 47.4 Å². The van der Waals surface area contributed by atoms with Gasteiger partial charge in [0.25, 0.3) is 11.5 Å². The number of nitrogens with one attached hydrogen (secondary N) is 1. The van der Waals surface area contributed by atoms with Gasteiger partial charge < -0.3 is 29.5 Å². The lowest BCUT2D eigenvalue weighted by atomic mass is 9.98. The van der Waals surface area contributed by atoms with Gasteiger partial charge in [-0.3, -0.25) is 14.5 Å². The molecule has 8 rings (SSSR count). The maximum absolute atomic E-state index is 15.3. The number of aliphatic hydroxyl groups excluding tert-OH is 1. The molecule has 2 N–H and O–H groups in total. The second-order valence-electron chi connectivity index (χ2n) is 13.0. The molecule has 0 radical (unpaired) electrons. The van der Waals surface area contributed by atoms with E-state index in [0.717, 1.165) is 70.8 Å². The fraction of sp³-hybridized carbons (Fsp3) is 0.429. The Morgan fingerprint density at radius 2 is 1.81 bits per heavy atom. The van der Waals surface area contributed by atoms with Crippen molar-refractivity contribution >= 4 is 28.8 Å². The lowest BCUT2D eigenvalue weighted by Crippen LogP contribution is -2.56. The lowest BCUT2D eigenvalue weighted by molar-refractivity contribution is -0.0660. The van der Waals surface area contributed by atoms with E-state index in [1.807, 2.05) is 18.2 Å². The SMILES string of the molecule is Cn1nc(-c2cc(F)cc(N3CCn4c(cc5c4CCCC5)C3=O)c2CO)cc(Nc2ccc(N3CCN(C4COC4)CC3)cn2)c1=O. The molecule has 6 heterocycles. The molecule has 250 valence electrons. The number of halogens is 1. The summed E-state index contributed by atoms with van der Waals surface area (Å²) in [6.07, 6.45) is 5.92. The molecule has 1 aromatic carbocycles. The van der Waals surface area contributed by atoms with Gasteiger partial charge in [-0.05, 0) is 67.6 Å². The standard InChI is InChI=1S/C35H39FN8O4/c1-40-34(46)29(38-33-7-6-24(18-37-33)41-8-10-42(11-9-41)25-20-48-21-25)17-28(39-40)26-15-23(36)16-31(27(26)19-45)44-13-12-43-30-5-3-2-4-22(30)14-32(43)35(44)47/h6-7,14-18,25,45H,2-5,8-13,19-21H2,1H3,(H,37,38). The first-order valence-electron chi connectivity index (χ1n) is 16.7. The van der Waals surface area contributed by atoms with Crippen LogP contribution in [-0.4, -0.2) is 87.2 Å². The molecule has 48 heavy (non-hydrogen) atoms. The van der Waals surface area contributed by atoms with Crippen LogP contribution in [0.5, 0.6) is 0 Å². The summed E-state index contributed by atoms with van der Waals surface area (Å²) in [6.45, 7) is 5.87. The molecule has 3 aromatic heterocycles. The largest absolute Gasteiger partial charge is 0.392 e. The number of hydrogen-bond donors (Lipinski definition) is 2. The van der Waals surface area contributed by atoms with E-state index in [4.69, 9.17) is 4.74 Å². The van der Waals surface area contributed by atoms with Gasteiger partial charge in [0.05, 0.1) is 49.1 Å². The molecule has 1 aliphatic carbocycles. The fourth-order valence-electron chi connectivity index (χ4n) is 7.52. The first-order valence-corrected chi connectivity index (χ1v) is 16.7. The summed E-state index contributed by atoms with van der Waals surface area (Å²) in [5.41, 5.74) is 5.09. The van der Waals surface area contributed by atoms with E-state index in [0.29, 0.717) is 47.5 Å². The highest BCUT2D eigenvalue weighted by atomic mass is 19.1. The Balaban J connectivity index is 1.06. The number of hydrogen-bond acceptors (Lipinski definition) is 9. The predicted octanol–water partition coefficient (Wildman–Crippen LogP) is 3.08. The molecule has 1 amide bonds. The van der Waals surface area contributed by atoms with Gasteiger partial charge in [0.15, 0.2) is 0 Å².